The molecule has 3 heteroatoms. The first kappa shape index (κ1) is 14.7. The van der Waals surface area contributed by atoms with E-state index in [0.717, 1.165) is 39.0 Å². The van der Waals surface area contributed by atoms with Crippen molar-refractivity contribution < 1.29 is 8.94 Å². The van der Waals surface area contributed by atoms with E-state index >= 15 is 0 Å². The lowest BCUT2D eigenvalue weighted by molar-refractivity contribution is 0.432. The van der Waals surface area contributed by atoms with Gasteiger partial charge in [0, 0.05) is 21.9 Å². The first-order valence-corrected chi connectivity index (χ1v) is 8.49. The predicted molar refractivity (Wildman–Crippen MR) is 103 cm³/mol. The maximum Gasteiger partial charge on any atom is 0.177 e. The molecule has 0 N–H and O–H groups in total. The van der Waals surface area contributed by atoms with Crippen LogP contribution in [0.4, 0.5) is 0 Å². The van der Waals surface area contributed by atoms with E-state index in [0.29, 0.717) is 5.76 Å². The fourth-order valence-electron chi connectivity index (χ4n) is 3.29. The molecule has 2 heterocycles. The zero-order valence-electron chi connectivity index (χ0n) is 13.9. The van der Waals surface area contributed by atoms with Crippen LogP contribution >= 0.6 is 0 Å². The number of fused-ring (bicyclic) bond motifs is 1. The Morgan fingerprint density at radius 1 is 0.538 bits per heavy atom. The van der Waals surface area contributed by atoms with Crippen LogP contribution in [0, 0.1) is 0 Å². The number of nitrogens with zero attached hydrogens (tertiary/aromatic N) is 1. The van der Waals surface area contributed by atoms with E-state index < -0.39 is 0 Å². The Morgan fingerprint density at radius 2 is 1.08 bits per heavy atom. The molecule has 5 aromatic rings. The molecule has 5 rings (SSSR count). The molecule has 3 aromatic carbocycles. The van der Waals surface area contributed by atoms with Crippen LogP contribution < -0.4 is 0 Å². The minimum absolute atomic E-state index is 0.713. The molecule has 0 radical (unpaired) electrons. The van der Waals surface area contributed by atoms with Crippen molar-refractivity contribution in [2.45, 2.75) is 0 Å². The van der Waals surface area contributed by atoms with Gasteiger partial charge in [0.2, 0.25) is 0 Å². The van der Waals surface area contributed by atoms with Crippen LogP contribution in [0.2, 0.25) is 0 Å². The second-order valence-electron chi connectivity index (χ2n) is 6.11. The quantitative estimate of drug-likeness (QED) is 0.381. The molecule has 0 saturated heterocycles. The topological polar surface area (TPSA) is 39.2 Å². The first-order chi connectivity index (χ1) is 12.9. The molecule has 3 nitrogen and oxygen atoms in total. The number of aromatic nitrogens is 1. The van der Waals surface area contributed by atoms with Gasteiger partial charge in [-0.25, -0.2) is 0 Å². The normalized spacial score (nSPS) is 11.1. The Hall–Kier alpha value is -3.59. The summed E-state index contributed by atoms with van der Waals surface area (Å²) in [5.41, 5.74) is 2.88. The van der Waals surface area contributed by atoms with Crippen molar-refractivity contribution in [2.24, 2.45) is 0 Å². The summed E-state index contributed by atoms with van der Waals surface area (Å²) in [5, 5.41) is 6.15. The van der Waals surface area contributed by atoms with Crippen LogP contribution in [-0.2, 0) is 0 Å². The summed E-state index contributed by atoms with van der Waals surface area (Å²) in [6.45, 7) is 0. The molecule has 0 spiro atoms. The van der Waals surface area contributed by atoms with Gasteiger partial charge in [-0.3, -0.25) is 0 Å². The second kappa shape index (κ2) is 6.05. The summed E-state index contributed by atoms with van der Waals surface area (Å²) in [6.07, 6.45) is 1.72. The van der Waals surface area contributed by atoms with Crippen molar-refractivity contribution in [3.05, 3.63) is 91.1 Å². The van der Waals surface area contributed by atoms with Crippen molar-refractivity contribution in [1.29, 1.82) is 0 Å². The van der Waals surface area contributed by atoms with Gasteiger partial charge in [0.15, 0.2) is 5.76 Å². The molecule has 0 aliphatic heterocycles. The van der Waals surface area contributed by atoms with Crippen molar-refractivity contribution in [3.8, 4) is 34.0 Å². The van der Waals surface area contributed by atoms with Gasteiger partial charge in [-0.2, -0.15) is 0 Å². The number of benzene rings is 3. The molecular formula is C23H15NO2. The van der Waals surface area contributed by atoms with Gasteiger partial charge in [-0.1, -0.05) is 90.1 Å². The highest BCUT2D eigenvalue weighted by molar-refractivity contribution is 6.04. The number of furan rings is 1. The van der Waals surface area contributed by atoms with E-state index in [4.69, 9.17) is 8.94 Å². The monoisotopic (exact) mass is 337 g/mol. The van der Waals surface area contributed by atoms with Gasteiger partial charge in [0.1, 0.15) is 11.5 Å². The Labute approximate surface area is 150 Å². The van der Waals surface area contributed by atoms with E-state index in [-0.39, 0.29) is 0 Å². The highest BCUT2D eigenvalue weighted by Gasteiger charge is 2.21. The molecule has 0 bridgehead atoms. The van der Waals surface area contributed by atoms with Gasteiger partial charge < -0.3 is 8.94 Å². The maximum absolute atomic E-state index is 6.36. The van der Waals surface area contributed by atoms with Gasteiger partial charge in [0.05, 0.1) is 11.8 Å². The molecule has 0 unspecified atom stereocenters. The Kier molecular flexibility index (Phi) is 3.42. The smallest absolute Gasteiger partial charge is 0.177 e. The fourth-order valence-corrected chi connectivity index (χ4v) is 3.29. The van der Waals surface area contributed by atoms with Crippen molar-refractivity contribution in [2.75, 3.05) is 0 Å². The Morgan fingerprint density at radius 3 is 1.73 bits per heavy atom. The molecule has 0 amide bonds. The van der Waals surface area contributed by atoms with Crippen molar-refractivity contribution in [3.63, 3.8) is 0 Å². The Balaban J connectivity index is 1.76. The molecular weight excluding hydrogens is 322 g/mol. The largest absolute Gasteiger partial charge is 0.455 e. The molecule has 2 aromatic heterocycles. The van der Waals surface area contributed by atoms with Crippen LogP contribution in [-0.4, -0.2) is 5.16 Å². The molecule has 0 aliphatic rings. The molecule has 0 atom stereocenters. The van der Waals surface area contributed by atoms with Crippen LogP contribution in [0.1, 0.15) is 0 Å². The van der Waals surface area contributed by atoms with Gasteiger partial charge in [-0.05, 0) is 0 Å². The summed E-state index contributed by atoms with van der Waals surface area (Å²) in [6, 6.07) is 28.3. The highest BCUT2D eigenvalue weighted by atomic mass is 16.5. The summed E-state index contributed by atoms with van der Waals surface area (Å²) in [4.78, 5) is 0. The average Bonchev–Trinajstić information content (AvgIpc) is 3.34. The zero-order valence-corrected chi connectivity index (χ0v) is 13.9. The van der Waals surface area contributed by atoms with E-state index in [1.807, 2.05) is 60.7 Å². The minimum Gasteiger partial charge on any atom is -0.455 e. The SMILES string of the molecule is c1ccc(-c2oncc2-c2oc(-c3ccccc3)c3ccccc23)cc1. The third kappa shape index (κ3) is 2.33. The lowest BCUT2D eigenvalue weighted by Crippen LogP contribution is -1.78. The average molecular weight is 337 g/mol. The van der Waals surface area contributed by atoms with Crippen LogP contribution in [0.5, 0.6) is 0 Å². The lowest BCUT2D eigenvalue weighted by Gasteiger charge is -1.99. The highest BCUT2D eigenvalue weighted by Crippen LogP contribution is 2.42. The third-order valence-electron chi connectivity index (χ3n) is 4.51. The van der Waals surface area contributed by atoms with Crippen LogP contribution in [0.15, 0.2) is 100 Å². The van der Waals surface area contributed by atoms with Crippen molar-refractivity contribution in [1.82, 2.24) is 5.16 Å². The summed E-state index contributed by atoms with van der Waals surface area (Å²) in [7, 11) is 0. The lowest BCUT2D eigenvalue weighted by atomic mass is 10.0. The van der Waals surface area contributed by atoms with E-state index in [9.17, 15) is 0 Å². The summed E-state index contributed by atoms with van der Waals surface area (Å²) < 4.78 is 11.9. The van der Waals surface area contributed by atoms with Crippen LogP contribution in [0.3, 0.4) is 0 Å². The summed E-state index contributed by atoms with van der Waals surface area (Å²) >= 11 is 0. The standard InChI is InChI=1S/C23H15NO2/c1-3-9-16(10-4-1)21-18-13-7-8-14-19(18)23(25-21)20-15-24-26-22(20)17-11-5-2-6-12-17/h1-15H. The number of hydrogen-bond donors (Lipinski definition) is 0. The van der Waals surface area contributed by atoms with E-state index in [1.165, 1.54) is 0 Å². The third-order valence-corrected chi connectivity index (χ3v) is 4.51. The van der Waals surface area contributed by atoms with Crippen LogP contribution in [0.25, 0.3) is 44.7 Å². The second-order valence-corrected chi connectivity index (χ2v) is 6.11. The molecule has 0 fully saturated rings. The molecule has 124 valence electrons. The number of rotatable bonds is 3. The van der Waals surface area contributed by atoms with Gasteiger partial charge in [0.25, 0.3) is 0 Å². The molecule has 26 heavy (non-hydrogen) atoms. The maximum atomic E-state index is 6.36. The minimum atomic E-state index is 0.713. The zero-order chi connectivity index (χ0) is 17.3. The first-order valence-electron chi connectivity index (χ1n) is 8.49. The fraction of sp³-hybridized carbons (Fsp3) is 0. The van der Waals surface area contributed by atoms with Gasteiger partial charge >= 0.3 is 0 Å². The van der Waals surface area contributed by atoms with Gasteiger partial charge in [-0.15, -0.1) is 0 Å². The summed E-state index contributed by atoms with van der Waals surface area (Å²) in [5.74, 6) is 2.35. The van der Waals surface area contributed by atoms with Crippen molar-refractivity contribution >= 4 is 10.8 Å². The molecule has 0 aliphatic carbocycles. The van der Waals surface area contributed by atoms with E-state index in [1.54, 1.807) is 6.20 Å². The predicted octanol–water partition coefficient (Wildman–Crippen LogP) is 6.42. The Bertz CT molecular complexity index is 1170. The van der Waals surface area contributed by atoms with E-state index in [2.05, 4.69) is 29.4 Å². The molecule has 0 saturated carbocycles. The number of hydrogen-bond acceptors (Lipinski definition) is 3.